The molecule has 0 aliphatic heterocycles. The molecule has 2 N–H and O–H groups in total. The van der Waals surface area contributed by atoms with Gasteiger partial charge in [-0.05, 0) is 18.6 Å². The van der Waals surface area contributed by atoms with Crippen LogP contribution in [0.15, 0.2) is 33.9 Å². The number of aromatic nitrogens is 2. The molecule has 0 atom stereocenters. The summed E-state index contributed by atoms with van der Waals surface area (Å²) >= 11 is 0. The summed E-state index contributed by atoms with van der Waals surface area (Å²) in [6.07, 6.45) is 3.50. The van der Waals surface area contributed by atoms with Crippen molar-refractivity contribution in [3.63, 3.8) is 0 Å². The minimum Gasteiger partial charge on any atom is -0.481 e. The highest BCUT2D eigenvalue weighted by Crippen LogP contribution is 2.22. The molecule has 2 aromatic rings. The minimum absolute atomic E-state index is 0. The van der Waals surface area contributed by atoms with E-state index < -0.39 is 0 Å². The molecule has 0 aromatic carbocycles. The third-order valence-corrected chi connectivity index (χ3v) is 3.47. The second kappa shape index (κ2) is 10.3. The highest BCUT2D eigenvalue weighted by atomic mass is 127. The maximum Gasteiger partial charge on any atom is 0.213 e. The van der Waals surface area contributed by atoms with Crippen molar-refractivity contribution in [3.05, 3.63) is 41.7 Å². The van der Waals surface area contributed by atoms with Crippen molar-refractivity contribution in [2.45, 2.75) is 46.2 Å². The van der Waals surface area contributed by atoms with Crippen LogP contribution in [-0.4, -0.2) is 29.6 Å². The number of aliphatic imine (C=N–C) groups is 1. The number of methoxy groups -OCH3 is 1. The fraction of sp³-hybridized carbons (Fsp3) is 0.500. The number of halogens is 1. The normalized spacial score (nSPS) is 11.7. The topological polar surface area (TPSA) is 84.6 Å². The van der Waals surface area contributed by atoms with Gasteiger partial charge in [-0.1, -0.05) is 20.8 Å². The van der Waals surface area contributed by atoms with Gasteiger partial charge in [0.2, 0.25) is 11.8 Å². The van der Waals surface area contributed by atoms with E-state index in [4.69, 9.17) is 9.15 Å². The molecule has 7 nitrogen and oxygen atoms in total. The Labute approximate surface area is 172 Å². The predicted octanol–water partition coefficient (Wildman–Crippen LogP) is 3.25. The van der Waals surface area contributed by atoms with Gasteiger partial charge in [-0.2, -0.15) is 0 Å². The molecule has 0 fully saturated rings. The van der Waals surface area contributed by atoms with Crippen molar-refractivity contribution >= 4 is 29.9 Å². The van der Waals surface area contributed by atoms with Crippen molar-refractivity contribution in [2.24, 2.45) is 4.99 Å². The molecular formula is C18H28IN5O2. The first-order valence-electron chi connectivity index (χ1n) is 8.38. The van der Waals surface area contributed by atoms with Gasteiger partial charge in [0.05, 0.1) is 26.4 Å². The van der Waals surface area contributed by atoms with Crippen molar-refractivity contribution in [1.82, 2.24) is 20.6 Å². The number of rotatable bonds is 6. The lowest BCUT2D eigenvalue weighted by molar-refractivity contribution is 0.379. The van der Waals surface area contributed by atoms with E-state index in [1.807, 2.05) is 19.1 Å². The van der Waals surface area contributed by atoms with Crippen LogP contribution in [-0.2, 0) is 18.5 Å². The maximum absolute atomic E-state index is 5.79. The number of nitrogens with one attached hydrogen (secondary N) is 2. The first-order valence-corrected chi connectivity index (χ1v) is 8.38. The molecule has 144 valence electrons. The zero-order valence-corrected chi connectivity index (χ0v) is 18.3. The number of pyridine rings is 1. The van der Waals surface area contributed by atoms with Gasteiger partial charge >= 0.3 is 0 Å². The van der Waals surface area contributed by atoms with Gasteiger partial charge in [0.1, 0.15) is 5.76 Å². The fourth-order valence-electron chi connectivity index (χ4n) is 2.07. The minimum atomic E-state index is -0.0514. The highest BCUT2D eigenvalue weighted by molar-refractivity contribution is 14.0. The summed E-state index contributed by atoms with van der Waals surface area (Å²) in [5.41, 5.74) is 0.972. The molecule has 0 bridgehead atoms. The first-order chi connectivity index (χ1) is 11.9. The van der Waals surface area contributed by atoms with Crippen LogP contribution >= 0.6 is 24.0 Å². The van der Waals surface area contributed by atoms with Gasteiger partial charge in [-0.15, -0.1) is 24.0 Å². The molecule has 0 unspecified atom stereocenters. The van der Waals surface area contributed by atoms with E-state index in [1.165, 1.54) is 0 Å². The standard InChI is InChI=1S/C18H27N5O2.HI/c1-6-19-17(22-10-13-7-8-20-15(9-13)24-5)23-12-16-21-11-14(25-16)18(2,3)4;/h7-9,11H,6,10,12H2,1-5H3,(H2,19,22,23);1H. The predicted molar refractivity (Wildman–Crippen MR) is 113 cm³/mol. The number of ether oxygens (including phenoxy) is 1. The second-order valence-electron chi connectivity index (χ2n) is 6.62. The SMILES string of the molecule is CCNC(=NCc1ccnc(OC)c1)NCc1ncc(C(C)(C)C)o1.I. The van der Waals surface area contributed by atoms with Crippen LogP contribution in [0, 0.1) is 0 Å². The molecule has 0 radical (unpaired) electrons. The van der Waals surface area contributed by atoms with Gasteiger partial charge in [0.15, 0.2) is 5.96 Å². The fourth-order valence-corrected chi connectivity index (χ4v) is 2.07. The van der Waals surface area contributed by atoms with E-state index in [0.717, 1.165) is 17.9 Å². The van der Waals surface area contributed by atoms with Crippen LogP contribution in [0.2, 0.25) is 0 Å². The molecule has 8 heteroatoms. The van der Waals surface area contributed by atoms with E-state index in [1.54, 1.807) is 19.5 Å². The average molecular weight is 473 g/mol. The molecule has 0 amide bonds. The third kappa shape index (κ3) is 6.81. The molecule has 26 heavy (non-hydrogen) atoms. The highest BCUT2D eigenvalue weighted by Gasteiger charge is 2.19. The summed E-state index contributed by atoms with van der Waals surface area (Å²) in [5, 5.41) is 6.45. The number of hydrogen-bond acceptors (Lipinski definition) is 5. The third-order valence-electron chi connectivity index (χ3n) is 3.47. The van der Waals surface area contributed by atoms with Crippen molar-refractivity contribution < 1.29 is 9.15 Å². The van der Waals surface area contributed by atoms with Crippen molar-refractivity contribution in [2.75, 3.05) is 13.7 Å². The molecule has 0 spiro atoms. The first kappa shape index (κ1) is 22.2. The van der Waals surface area contributed by atoms with E-state index in [0.29, 0.717) is 30.8 Å². The lowest BCUT2D eigenvalue weighted by Gasteiger charge is -2.13. The van der Waals surface area contributed by atoms with Crippen LogP contribution in [0.1, 0.15) is 44.9 Å². The van der Waals surface area contributed by atoms with Crippen LogP contribution in [0.3, 0.4) is 0 Å². The Hall–Kier alpha value is -1.84. The van der Waals surface area contributed by atoms with Gasteiger partial charge < -0.3 is 19.8 Å². The number of nitrogens with zero attached hydrogens (tertiary/aromatic N) is 3. The second-order valence-corrected chi connectivity index (χ2v) is 6.62. The van der Waals surface area contributed by atoms with Crippen LogP contribution < -0.4 is 15.4 Å². The molecule has 0 saturated carbocycles. The lowest BCUT2D eigenvalue weighted by atomic mass is 9.94. The van der Waals surface area contributed by atoms with E-state index in [9.17, 15) is 0 Å². The monoisotopic (exact) mass is 473 g/mol. The quantitative estimate of drug-likeness (QED) is 0.381. The van der Waals surface area contributed by atoms with E-state index >= 15 is 0 Å². The molecule has 0 aliphatic carbocycles. The molecule has 0 saturated heterocycles. The number of oxazole rings is 1. The summed E-state index contributed by atoms with van der Waals surface area (Å²) in [5.74, 6) is 2.80. The molecule has 2 rings (SSSR count). The van der Waals surface area contributed by atoms with Gasteiger partial charge in [0.25, 0.3) is 0 Å². The Balaban J connectivity index is 0.00000338. The maximum atomic E-state index is 5.79. The lowest BCUT2D eigenvalue weighted by Crippen LogP contribution is -2.36. The number of guanidine groups is 1. The van der Waals surface area contributed by atoms with Crippen LogP contribution in [0.4, 0.5) is 0 Å². The summed E-state index contributed by atoms with van der Waals surface area (Å²) in [7, 11) is 1.60. The summed E-state index contributed by atoms with van der Waals surface area (Å²) in [6.45, 7) is 10.1. The molecule has 2 aromatic heterocycles. The molecule has 2 heterocycles. The van der Waals surface area contributed by atoms with Crippen molar-refractivity contribution in [3.8, 4) is 5.88 Å². The Bertz CT molecular complexity index is 710. The average Bonchev–Trinajstić information content (AvgIpc) is 3.07. The Morgan fingerprint density at radius 1 is 1.27 bits per heavy atom. The summed E-state index contributed by atoms with van der Waals surface area (Å²) < 4.78 is 10.9. The smallest absolute Gasteiger partial charge is 0.213 e. The zero-order chi connectivity index (χ0) is 18.3. The Morgan fingerprint density at radius 3 is 2.65 bits per heavy atom. The van der Waals surface area contributed by atoms with E-state index in [-0.39, 0.29) is 29.4 Å². The van der Waals surface area contributed by atoms with Crippen LogP contribution in [0.5, 0.6) is 5.88 Å². The van der Waals surface area contributed by atoms with Gasteiger partial charge in [-0.25, -0.2) is 15.0 Å². The Kier molecular flexibility index (Phi) is 8.83. The van der Waals surface area contributed by atoms with Crippen LogP contribution in [0.25, 0.3) is 0 Å². The molecular weight excluding hydrogens is 445 g/mol. The Morgan fingerprint density at radius 2 is 2.04 bits per heavy atom. The van der Waals surface area contributed by atoms with Crippen molar-refractivity contribution in [1.29, 1.82) is 0 Å². The van der Waals surface area contributed by atoms with E-state index in [2.05, 4.69) is 46.4 Å². The largest absolute Gasteiger partial charge is 0.481 e. The number of hydrogen-bond donors (Lipinski definition) is 2. The summed E-state index contributed by atoms with van der Waals surface area (Å²) in [6, 6.07) is 3.79. The molecule has 0 aliphatic rings. The summed E-state index contributed by atoms with van der Waals surface area (Å²) in [4.78, 5) is 13.0. The zero-order valence-electron chi connectivity index (χ0n) is 16.0. The van der Waals surface area contributed by atoms with Gasteiger partial charge in [-0.3, -0.25) is 0 Å². The van der Waals surface area contributed by atoms with Gasteiger partial charge in [0, 0.05) is 24.2 Å².